The highest BCUT2D eigenvalue weighted by Gasteiger charge is 2.15. The second-order valence-corrected chi connectivity index (χ2v) is 5.80. The third kappa shape index (κ3) is 11.3. The molecular weight excluding hydrogens is 280 g/mol. The van der Waals surface area contributed by atoms with Gasteiger partial charge in [-0.2, -0.15) is 0 Å². The largest absolute Gasteiger partial charge is 0.479 e. The molecule has 22 heavy (non-hydrogen) atoms. The van der Waals surface area contributed by atoms with Crippen LogP contribution in [0.25, 0.3) is 0 Å². The third-order valence-corrected chi connectivity index (χ3v) is 3.29. The maximum Gasteiger partial charge on any atom is 0.335 e. The molecule has 0 fully saturated rings. The number of ether oxygens (including phenoxy) is 1. The highest BCUT2D eigenvalue weighted by molar-refractivity contribution is 5.72. The maximum atomic E-state index is 10.7. The van der Waals surface area contributed by atoms with Crippen molar-refractivity contribution in [3.05, 3.63) is 34.9 Å². The molecular formula is C18H30O4. The van der Waals surface area contributed by atoms with Crippen molar-refractivity contribution in [3.8, 4) is 0 Å². The zero-order valence-corrected chi connectivity index (χ0v) is 14.3. The SMILES string of the molecule is CC(C)=CCCC(C)=CCCC(C)=CCOC(CO)C(=O)O. The van der Waals surface area contributed by atoms with E-state index in [9.17, 15) is 4.79 Å². The van der Waals surface area contributed by atoms with Crippen LogP contribution in [0.5, 0.6) is 0 Å². The van der Waals surface area contributed by atoms with Crippen molar-refractivity contribution in [2.75, 3.05) is 13.2 Å². The fourth-order valence-electron chi connectivity index (χ4n) is 1.85. The number of aliphatic hydroxyl groups excluding tert-OH is 1. The Balaban J connectivity index is 4.01. The molecule has 0 radical (unpaired) electrons. The number of hydrogen-bond acceptors (Lipinski definition) is 3. The average molecular weight is 310 g/mol. The molecule has 0 rings (SSSR count). The van der Waals surface area contributed by atoms with Crippen molar-refractivity contribution in [2.24, 2.45) is 0 Å². The van der Waals surface area contributed by atoms with Crippen LogP contribution in [0, 0.1) is 0 Å². The summed E-state index contributed by atoms with van der Waals surface area (Å²) in [6.07, 6.45) is 9.33. The Morgan fingerprint density at radius 3 is 2.05 bits per heavy atom. The first kappa shape index (κ1) is 20.6. The Morgan fingerprint density at radius 1 is 1.00 bits per heavy atom. The number of aliphatic carboxylic acids is 1. The molecule has 2 N–H and O–H groups in total. The van der Waals surface area contributed by atoms with Gasteiger partial charge in [0.2, 0.25) is 0 Å². The Hall–Kier alpha value is -1.39. The van der Waals surface area contributed by atoms with Gasteiger partial charge in [0.05, 0.1) is 13.2 Å². The van der Waals surface area contributed by atoms with Gasteiger partial charge in [0, 0.05) is 0 Å². The lowest BCUT2D eigenvalue weighted by Gasteiger charge is -2.09. The molecule has 0 bridgehead atoms. The van der Waals surface area contributed by atoms with Crippen LogP contribution >= 0.6 is 0 Å². The van der Waals surface area contributed by atoms with E-state index >= 15 is 0 Å². The van der Waals surface area contributed by atoms with Crippen LogP contribution in [0.3, 0.4) is 0 Å². The van der Waals surface area contributed by atoms with Gasteiger partial charge >= 0.3 is 5.97 Å². The highest BCUT2D eigenvalue weighted by Crippen LogP contribution is 2.11. The summed E-state index contributed by atoms with van der Waals surface area (Å²) in [4.78, 5) is 10.7. The monoisotopic (exact) mass is 310 g/mol. The van der Waals surface area contributed by atoms with E-state index in [0.29, 0.717) is 0 Å². The van der Waals surface area contributed by atoms with Crippen molar-refractivity contribution in [1.82, 2.24) is 0 Å². The molecule has 4 heteroatoms. The van der Waals surface area contributed by atoms with Crippen LogP contribution in [-0.2, 0) is 9.53 Å². The van der Waals surface area contributed by atoms with Gasteiger partial charge in [0.15, 0.2) is 6.10 Å². The minimum absolute atomic E-state index is 0.215. The summed E-state index contributed by atoms with van der Waals surface area (Å²) >= 11 is 0. The molecule has 1 unspecified atom stereocenters. The number of carboxylic acid groups (broad SMARTS) is 1. The molecule has 0 amide bonds. The average Bonchev–Trinajstić information content (AvgIpc) is 2.42. The van der Waals surface area contributed by atoms with Crippen molar-refractivity contribution in [1.29, 1.82) is 0 Å². The predicted molar refractivity (Wildman–Crippen MR) is 89.9 cm³/mol. The van der Waals surface area contributed by atoms with E-state index < -0.39 is 18.7 Å². The van der Waals surface area contributed by atoms with Crippen LogP contribution < -0.4 is 0 Å². The van der Waals surface area contributed by atoms with E-state index in [-0.39, 0.29) is 6.61 Å². The molecule has 0 aliphatic heterocycles. The first-order chi connectivity index (χ1) is 10.4. The minimum Gasteiger partial charge on any atom is -0.479 e. The fraction of sp³-hybridized carbons (Fsp3) is 0.611. The minimum atomic E-state index is -1.14. The second-order valence-electron chi connectivity index (χ2n) is 5.80. The van der Waals surface area contributed by atoms with Gasteiger partial charge in [0.25, 0.3) is 0 Å². The molecule has 0 aromatic rings. The summed E-state index contributed by atoms with van der Waals surface area (Å²) in [5.74, 6) is -1.14. The van der Waals surface area contributed by atoms with Crippen LogP contribution in [0.1, 0.15) is 53.4 Å². The Labute approximate surface area is 134 Å². The smallest absolute Gasteiger partial charge is 0.335 e. The number of carboxylic acids is 1. The molecule has 0 saturated carbocycles. The number of rotatable bonds is 11. The topological polar surface area (TPSA) is 66.8 Å². The van der Waals surface area contributed by atoms with E-state index in [1.807, 2.05) is 13.0 Å². The Morgan fingerprint density at radius 2 is 1.55 bits per heavy atom. The first-order valence-corrected chi connectivity index (χ1v) is 7.76. The fourth-order valence-corrected chi connectivity index (χ4v) is 1.85. The summed E-state index contributed by atoms with van der Waals surface area (Å²) < 4.78 is 5.08. The molecule has 0 aliphatic rings. The van der Waals surface area contributed by atoms with Gasteiger partial charge in [-0.25, -0.2) is 4.79 Å². The molecule has 126 valence electrons. The lowest BCUT2D eigenvalue weighted by Crippen LogP contribution is -2.27. The van der Waals surface area contributed by atoms with E-state index in [1.165, 1.54) is 11.1 Å². The Kier molecular flexibility index (Phi) is 11.4. The number of allylic oxidation sites excluding steroid dienone is 5. The van der Waals surface area contributed by atoms with E-state index in [4.69, 9.17) is 14.9 Å². The van der Waals surface area contributed by atoms with Crippen LogP contribution in [0.15, 0.2) is 34.9 Å². The molecule has 0 aliphatic carbocycles. The van der Waals surface area contributed by atoms with Crippen LogP contribution in [0.4, 0.5) is 0 Å². The number of carbonyl (C=O) groups is 1. The molecule has 0 saturated heterocycles. The maximum absolute atomic E-state index is 10.7. The second kappa shape index (κ2) is 12.2. The summed E-state index contributed by atoms with van der Waals surface area (Å²) in [5, 5.41) is 17.6. The molecule has 1 atom stereocenters. The molecule has 4 nitrogen and oxygen atoms in total. The van der Waals surface area contributed by atoms with Gasteiger partial charge in [-0.05, 0) is 53.4 Å². The number of hydrogen-bond donors (Lipinski definition) is 2. The third-order valence-electron chi connectivity index (χ3n) is 3.29. The van der Waals surface area contributed by atoms with Crippen molar-refractivity contribution in [3.63, 3.8) is 0 Å². The predicted octanol–water partition coefficient (Wildman–Crippen LogP) is 3.87. The summed E-state index contributed by atoms with van der Waals surface area (Å²) in [7, 11) is 0. The van der Waals surface area contributed by atoms with Gasteiger partial charge in [-0.3, -0.25) is 0 Å². The normalized spacial score (nSPS) is 13.9. The van der Waals surface area contributed by atoms with E-state index in [2.05, 4.69) is 32.9 Å². The van der Waals surface area contributed by atoms with Gasteiger partial charge in [-0.1, -0.05) is 34.9 Å². The molecule has 0 aromatic carbocycles. The van der Waals surface area contributed by atoms with Gasteiger partial charge in [0.1, 0.15) is 0 Å². The zero-order chi connectivity index (χ0) is 17.0. The van der Waals surface area contributed by atoms with Gasteiger partial charge < -0.3 is 14.9 Å². The van der Waals surface area contributed by atoms with Crippen molar-refractivity contribution < 1.29 is 19.7 Å². The standard InChI is InChI=1S/C18H30O4/c1-14(2)7-5-8-15(3)9-6-10-16(4)11-12-22-17(13-19)18(20)21/h7,9,11,17,19H,5-6,8,10,12-13H2,1-4H3,(H,20,21). The summed E-state index contributed by atoms with van der Waals surface area (Å²) in [6.45, 7) is 8.09. The molecule has 0 spiro atoms. The summed E-state index contributed by atoms with van der Waals surface area (Å²) in [6, 6.07) is 0. The number of aliphatic hydroxyl groups is 1. The first-order valence-electron chi connectivity index (χ1n) is 7.76. The Bertz CT molecular complexity index is 415. The van der Waals surface area contributed by atoms with Crippen LogP contribution in [0.2, 0.25) is 0 Å². The quantitative estimate of drug-likeness (QED) is 0.569. The van der Waals surface area contributed by atoms with Crippen LogP contribution in [-0.4, -0.2) is 35.5 Å². The van der Waals surface area contributed by atoms with E-state index in [1.54, 1.807) is 0 Å². The van der Waals surface area contributed by atoms with Gasteiger partial charge in [-0.15, -0.1) is 0 Å². The molecule has 0 heterocycles. The highest BCUT2D eigenvalue weighted by atomic mass is 16.5. The van der Waals surface area contributed by atoms with Crippen molar-refractivity contribution in [2.45, 2.75) is 59.5 Å². The molecule has 0 aromatic heterocycles. The summed E-state index contributed by atoms with van der Waals surface area (Å²) in [5.41, 5.74) is 3.91. The van der Waals surface area contributed by atoms with E-state index in [0.717, 1.165) is 31.3 Å². The van der Waals surface area contributed by atoms with Crippen molar-refractivity contribution >= 4 is 5.97 Å². The zero-order valence-electron chi connectivity index (χ0n) is 14.3. The lowest BCUT2D eigenvalue weighted by molar-refractivity contribution is -0.152. The lowest BCUT2D eigenvalue weighted by atomic mass is 10.1.